The van der Waals surface area contributed by atoms with Crippen LogP contribution in [0.1, 0.15) is 12.5 Å². The largest absolute Gasteiger partial charge is 0.494 e. The molecule has 0 fully saturated rings. The maximum atomic E-state index is 12.3. The number of benzene rings is 2. The number of hydrogen-bond acceptors (Lipinski definition) is 4. The van der Waals surface area contributed by atoms with Crippen molar-refractivity contribution in [3.8, 4) is 5.75 Å². The van der Waals surface area contributed by atoms with Crippen molar-refractivity contribution in [3.05, 3.63) is 64.2 Å². The number of nitro groups is 1. The van der Waals surface area contributed by atoms with Gasteiger partial charge in [-0.1, -0.05) is 30.3 Å². The van der Waals surface area contributed by atoms with Crippen LogP contribution in [0.5, 0.6) is 5.75 Å². The molecule has 0 aliphatic rings. The zero-order chi connectivity index (χ0) is 18.2. The molecule has 2 rings (SSSR count). The summed E-state index contributed by atoms with van der Waals surface area (Å²) in [5.41, 5.74) is 1.51. The van der Waals surface area contributed by atoms with Crippen molar-refractivity contribution in [3.63, 3.8) is 0 Å². The minimum atomic E-state index is -0.503. The van der Waals surface area contributed by atoms with Crippen molar-refractivity contribution in [2.45, 2.75) is 13.5 Å². The standard InChI is InChI=1S/C18H21N3O4/c1-3-20(12-14-7-5-4-6-8-14)13-18(22)19-16-10-9-15(21(23)24)11-17(16)25-2/h4-11H,3,12-13H2,1-2H3,(H,19,22)/p+1. The molecule has 0 bridgehead atoms. The number of carbonyl (C=O) groups is 1. The molecule has 0 aliphatic heterocycles. The van der Waals surface area contributed by atoms with E-state index in [-0.39, 0.29) is 17.3 Å². The summed E-state index contributed by atoms with van der Waals surface area (Å²) in [6.07, 6.45) is 0. The summed E-state index contributed by atoms with van der Waals surface area (Å²) in [7, 11) is 1.41. The van der Waals surface area contributed by atoms with Gasteiger partial charge in [0.05, 0.1) is 30.3 Å². The zero-order valence-corrected chi connectivity index (χ0v) is 14.3. The van der Waals surface area contributed by atoms with Gasteiger partial charge < -0.3 is 15.0 Å². The van der Waals surface area contributed by atoms with Gasteiger partial charge in [0, 0.05) is 11.6 Å². The molecule has 0 radical (unpaired) electrons. The van der Waals surface area contributed by atoms with Crippen molar-refractivity contribution in [1.82, 2.24) is 0 Å². The Morgan fingerprint density at radius 3 is 2.56 bits per heavy atom. The third-order valence-corrected chi connectivity index (χ3v) is 3.88. The number of ether oxygens (including phenoxy) is 1. The molecule has 7 heteroatoms. The number of rotatable bonds is 8. The number of amides is 1. The number of hydrogen-bond donors (Lipinski definition) is 2. The van der Waals surface area contributed by atoms with Crippen LogP contribution in [0.15, 0.2) is 48.5 Å². The molecule has 2 aromatic carbocycles. The van der Waals surface area contributed by atoms with Crippen LogP contribution < -0.4 is 15.0 Å². The number of non-ortho nitro benzene ring substituents is 1. The van der Waals surface area contributed by atoms with Gasteiger partial charge in [-0.25, -0.2) is 0 Å². The Morgan fingerprint density at radius 2 is 1.96 bits per heavy atom. The third-order valence-electron chi connectivity index (χ3n) is 3.88. The molecule has 25 heavy (non-hydrogen) atoms. The molecule has 7 nitrogen and oxygen atoms in total. The molecule has 2 aromatic rings. The maximum absolute atomic E-state index is 12.3. The second-order valence-corrected chi connectivity index (χ2v) is 5.63. The van der Waals surface area contributed by atoms with Gasteiger partial charge in [0.15, 0.2) is 6.54 Å². The van der Waals surface area contributed by atoms with Gasteiger partial charge >= 0.3 is 0 Å². The second kappa shape index (κ2) is 8.79. The fourth-order valence-corrected chi connectivity index (χ4v) is 2.52. The summed E-state index contributed by atoms with van der Waals surface area (Å²) in [6, 6.07) is 14.1. The number of carbonyl (C=O) groups excluding carboxylic acids is 1. The van der Waals surface area contributed by atoms with Gasteiger partial charge in [-0.2, -0.15) is 0 Å². The average Bonchev–Trinajstić information content (AvgIpc) is 2.62. The predicted molar refractivity (Wildman–Crippen MR) is 94.8 cm³/mol. The highest BCUT2D eigenvalue weighted by Crippen LogP contribution is 2.28. The Kier molecular flexibility index (Phi) is 6.47. The van der Waals surface area contributed by atoms with Crippen LogP contribution >= 0.6 is 0 Å². The molecule has 1 amide bonds. The lowest BCUT2D eigenvalue weighted by Gasteiger charge is -2.18. The van der Waals surface area contributed by atoms with Crippen LogP contribution in [0.3, 0.4) is 0 Å². The number of nitrogens with one attached hydrogen (secondary N) is 2. The lowest BCUT2D eigenvalue weighted by molar-refractivity contribution is -0.903. The minimum Gasteiger partial charge on any atom is -0.494 e. The van der Waals surface area contributed by atoms with Crippen LogP contribution in [0.25, 0.3) is 0 Å². The Labute approximate surface area is 146 Å². The van der Waals surface area contributed by atoms with Crippen molar-refractivity contribution in [2.75, 3.05) is 25.5 Å². The van der Waals surface area contributed by atoms with E-state index in [0.717, 1.165) is 18.0 Å². The minimum absolute atomic E-state index is 0.0836. The summed E-state index contributed by atoms with van der Waals surface area (Å²) < 4.78 is 5.14. The van der Waals surface area contributed by atoms with Crippen molar-refractivity contribution in [1.29, 1.82) is 0 Å². The van der Waals surface area contributed by atoms with Crippen LogP contribution in [0, 0.1) is 10.1 Å². The SMILES string of the molecule is CC[NH+](CC(=O)Nc1ccc([N+](=O)[O-])cc1OC)Cc1ccccc1. The molecule has 0 heterocycles. The van der Waals surface area contributed by atoms with E-state index in [4.69, 9.17) is 4.74 Å². The van der Waals surface area contributed by atoms with Crippen molar-refractivity contribution < 1.29 is 19.4 Å². The number of anilines is 1. The summed E-state index contributed by atoms with van der Waals surface area (Å²) in [6.45, 7) is 3.88. The molecule has 0 aromatic heterocycles. The van der Waals surface area contributed by atoms with E-state index in [1.54, 1.807) is 0 Å². The van der Waals surface area contributed by atoms with Gasteiger partial charge in [0.25, 0.3) is 11.6 Å². The van der Waals surface area contributed by atoms with E-state index < -0.39 is 4.92 Å². The summed E-state index contributed by atoms with van der Waals surface area (Å²) in [4.78, 5) is 23.8. The first-order valence-corrected chi connectivity index (χ1v) is 8.03. The third kappa shape index (κ3) is 5.29. The van der Waals surface area contributed by atoms with Crippen molar-refractivity contribution in [2.24, 2.45) is 0 Å². The second-order valence-electron chi connectivity index (χ2n) is 5.63. The van der Waals surface area contributed by atoms with Crippen LogP contribution in [0.4, 0.5) is 11.4 Å². The number of quaternary nitrogens is 1. The van der Waals surface area contributed by atoms with Crippen LogP contribution in [-0.2, 0) is 11.3 Å². The normalized spacial score (nSPS) is 11.6. The number of nitro benzene ring substituents is 1. The Balaban J connectivity index is 2.02. The summed E-state index contributed by atoms with van der Waals surface area (Å²) >= 11 is 0. The molecule has 1 atom stereocenters. The lowest BCUT2D eigenvalue weighted by Crippen LogP contribution is -3.11. The maximum Gasteiger partial charge on any atom is 0.279 e. The van der Waals surface area contributed by atoms with Gasteiger partial charge in [0.1, 0.15) is 12.3 Å². The molecular formula is C18H22N3O4+. The van der Waals surface area contributed by atoms with E-state index in [9.17, 15) is 14.9 Å². The molecule has 0 aliphatic carbocycles. The van der Waals surface area contributed by atoms with Gasteiger partial charge in [-0.15, -0.1) is 0 Å². The number of nitrogens with zero attached hydrogens (tertiary/aromatic N) is 1. The van der Waals surface area contributed by atoms with Crippen molar-refractivity contribution >= 4 is 17.3 Å². The molecule has 0 saturated heterocycles. The molecule has 0 saturated carbocycles. The highest BCUT2D eigenvalue weighted by Gasteiger charge is 2.17. The van der Waals surface area contributed by atoms with Gasteiger partial charge in [0.2, 0.25) is 0 Å². The van der Waals surface area contributed by atoms with Gasteiger partial charge in [-0.3, -0.25) is 14.9 Å². The smallest absolute Gasteiger partial charge is 0.279 e. The number of methoxy groups -OCH3 is 1. The highest BCUT2D eigenvalue weighted by atomic mass is 16.6. The Hall–Kier alpha value is -2.93. The molecular weight excluding hydrogens is 322 g/mol. The molecule has 1 unspecified atom stereocenters. The molecule has 132 valence electrons. The highest BCUT2D eigenvalue weighted by molar-refractivity contribution is 5.93. The summed E-state index contributed by atoms with van der Waals surface area (Å²) in [5.74, 6) is 0.101. The van der Waals surface area contributed by atoms with E-state index >= 15 is 0 Å². The molecule has 0 spiro atoms. The van der Waals surface area contributed by atoms with E-state index in [1.165, 1.54) is 30.9 Å². The number of likely N-dealkylation sites (N-methyl/N-ethyl adjacent to an activating group) is 1. The van der Waals surface area contributed by atoms with E-state index in [2.05, 4.69) is 5.32 Å². The van der Waals surface area contributed by atoms with Gasteiger partial charge in [-0.05, 0) is 13.0 Å². The quantitative estimate of drug-likeness (QED) is 0.563. The fourth-order valence-electron chi connectivity index (χ4n) is 2.52. The average molecular weight is 344 g/mol. The van der Waals surface area contributed by atoms with Crippen LogP contribution in [0.2, 0.25) is 0 Å². The first-order chi connectivity index (χ1) is 12.0. The topological polar surface area (TPSA) is 85.9 Å². The predicted octanol–water partition coefficient (Wildman–Crippen LogP) is 1.65. The Morgan fingerprint density at radius 1 is 1.24 bits per heavy atom. The first-order valence-electron chi connectivity index (χ1n) is 8.03. The monoisotopic (exact) mass is 344 g/mol. The Bertz CT molecular complexity index is 734. The van der Waals surface area contributed by atoms with E-state index in [1.807, 2.05) is 37.3 Å². The zero-order valence-electron chi connectivity index (χ0n) is 14.3. The first kappa shape index (κ1) is 18.4. The summed E-state index contributed by atoms with van der Waals surface area (Å²) in [5, 5.41) is 13.6. The van der Waals surface area contributed by atoms with Crippen LogP contribution in [-0.4, -0.2) is 31.0 Å². The fraction of sp³-hybridized carbons (Fsp3) is 0.278. The lowest BCUT2D eigenvalue weighted by atomic mass is 10.2. The van der Waals surface area contributed by atoms with E-state index in [0.29, 0.717) is 12.2 Å². The molecule has 2 N–H and O–H groups in total.